The maximum atomic E-state index is 12.5. The largest absolute Gasteiger partial charge is 0.471 e. The second kappa shape index (κ2) is 6.31. The zero-order valence-corrected chi connectivity index (χ0v) is 12.6. The molecular formula is C16H13F3N4O. The van der Waals surface area contributed by atoms with Crippen molar-refractivity contribution in [1.82, 2.24) is 15.1 Å². The molecule has 5 nitrogen and oxygen atoms in total. The number of alkyl halides is 3. The van der Waals surface area contributed by atoms with Crippen molar-refractivity contribution >= 4 is 5.82 Å². The predicted molar refractivity (Wildman–Crippen MR) is 81.0 cm³/mol. The monoisotopic (exact) mass is 334 g/mol. The van der Waals surface area contributed by atoms with Crippen LogP contribution in [-0.4, -0.2) is 15.1 Å². The lowest BCUT2D eigenvalue weighted by molar-refractivity contribution is -0.159. The fourth-order valence-electron chi connectivity index (χ4n) is 2.11. The number of aromatic nitrogens is 3. The van der Waals surface area contributed by atoms with Crippen molar-refractivity contribution in [2.75, 3.05) is 5.32 Å². The predicted octanol–water partition coefficient (Wildman–Crippen LogP) is 4.32. The van der Waals surface area contributed by atoms with E-state index in [1.54, 1.807) is 12.1 Å². The minimum Gasteiger partial charge on any atom is -0.364 e. The van der Waals surface area contributed by atoms with Gasteiger partial charge >= 0.3 is 12.1 Å². The highest BCUT2D eigenvalue weighted by Gasteiger charge is 2.38. The van der Waals surface area contributed by atoms with Crippen LogP contribution in [0, 0.1) is 0 Å². The van der Waals surface area contributed by atoms with E-state index in [9.17, 15) is 13.2 Å². The van der Waals surface area contributed by atoms with E-state index < -0.39 is 12.1 Å². The summed E-state index contributed by atoms with van der Waals surface area (Å²) in [5.74, 6) is -0.940. The first-order valence-electron chi connectivity index (χ1n) is 7.12. The Morgan fingerprint density at radius 3 is 2.42 bits per heavy atom. The van der Waals surface area contributed by atoms with Crippen molar-refractivity contribution in [3.05, 3.63) is 60.1 Å². The minimum atomic E-state index is -4.66. The van der Waals surface area contributed by atoms with E-state index in [-0.39, 0.29) is 11.9 Å². The minimum absolute atomic E-state index is 0.0338. The van der Waals surface area contributed by atoms with E-state index in [0.29, 0.717) is 11.4 Å². The van der Waals surface area contributed by atoms with Gasteiger partial charge in [0.25, 0.3) is 0 Å². The van der Waals surface area contributed by atoms with Gasteiger partial charge in [0.05, 0.1) is 0 Å². The van der Waals surface area contributed by atoms with Gasteiger partial charge in [0.1, 0.15) is 5.82 Å². The van der Waals surface area contributed by atoms with E-state index in [0.717, 1.165) is 5.56 Å². The summed E-state index contributed by atoms with van der Waals surface area (Å²) in [5.41, 5.74) is 1.43. The Morgan fingerprint density at radius 2 is 1.83 bits per heavy atom. The van der Waals surface area contributed by atoms with Gasteiger partial charge in [0.2, 0.25) is 5.82 Å². The first kappa shape index (κ1) is 16.0. The molecule has 0 radical (unpaired) electrons. The summed E-state index contributed by atoms with van der Waals surface area (Å²) in [7, 11) is 0. The van der Waals surface area contributed by atoms with Gasteiger partial charge in [-0.3, -0.25) is 0 Å². The van der Waals surface area contributed by atoms with Crippen LogP contribution in [0.2, 0.25) is 0 Å². The number of hydrogen-bond donors (Lipinski definition) is 1. The maximum absolute atomic E-state index is 12.5. The average molecular weight is 334 g/mol. The highest BCUT2D eigenvalue weighted by Crippen LogP contribution is 2.29. The third kappa shape index (κ3) is 3.53. The van der Waals surface area contributed by atoms with Crippen LogP contribution in [0.3, 0.4) is 0 Å². The summed E-state index contributed by atoms with van der Waals surface area (Å²) < 4.78 is 41.6. The Balaban J connectivity index is 1.73. The molecule has 1 unspecified atom stereocenters. The van der Waals surface area contributed by atoms with Crippen molar-refractivity contribution in [2.24, 2.45) is 0 Å². The zero-order chi connectivity index (χ0) is 17.2. The van der Waals surface area contributed by atoms with Gasteiger partial charge in [0.15, 0.2) is 0 Å². The standard InChI is InChI=1S/C16H13F3N4O/c1-10(11-5-3-2-4-6-11)21-13-8-7-12(9-20-13)14-22-15(24-23-14)16(17,18)19/h2-10H,1H3,(H,20,21). The number of nitrogens with one attached hydrogen (secondary N) is 1. The second-order valence-electron chi connectivity index (χ2n) is 5.13. The molecule has 0 aliphatic carbocycles. The van der Waals surface area contributed by atoms with E-state index >= 15 is 0 Å². The van der Waals surface area contributed by atoms with Gasteiger partial charge in [0, 0.05) is 17.8 Å². The Hall–Kier alpha value is -2.90. The highest BCUT2D eigenvalue weighted by molar-refractivity contribution is 5.55. The Bertz CT molecular complexity index is 800. The lowest BCUT2D eigenvalue weighted by Gasteiger charge is -2.14. The van der Waals surface area contributed by atoms with Crippen molar-refractivity contribution in [1.29, 1.82) is 0 Å². The first-order valence-corrected chi connectivity index (χ1v) is 7.12. The summed E-state index contributed by atoms with van der Waals surface area (Å²) >= 11 is 0. The van der Waals surface area contributed by atoms with E-state index in [1.807, 2.05) is 37.3 Å². The van der Waals surface area contributed by atoms with E-state index in [1.165, 1.54) is 6.20 Å². The topological polar surface area (TPSA) is 63.8 Å². The van der Waals surface area contributed by atoms with Crippen LogP contribution >= 0.6 is 0 Å². The number of nitrogens with zero attached hydrogens (tertiary/aromatic N) is 3. The van der Waals surface area contributed by atoms with Gasteiger partial charge < -0.3 is 9.84 Å². The Labute approximate surface area is 135 Å². The summed E-state index contributed by atoms with van der Waals surface area (Å²) in [6, 6.07) is 13.1. The van der Waals surface area contributed by atoms with Crippen molar-refractivity contribution in [2.45, 2.75) is 19.1 Å². The van der Waals surface area contributed by atoms with Crippen LogP contribution < -0.4 is 5.32 Å². The van der Waals surface area contributed by atoms with Crippen LogP contribution in [0.4, 0.5) is 19.0 Å². The number of pyridine rings is 1. The molecule has 1 N–H and O–H groups in total. The first-order chi connectivity index (χ1) is 11.4. The SMILES string of the molecule is CC(Nc1ccc(-c2noc(C(F)(F)F)n2)cn1)c1ccccc1. The number of halogens is 3. The summed E-state index contributed by atoms with van der Waals surface area (Å²) in [6.45, 7) is 1.99. The van der Waals surface area contributed by atoms with Crippen LogP contribution in [0.5, 0.6) is 0 Å². The molecule has 2 aromatic heterocycles. The molecule has 0 fully saturated rings. The zero-order valence-electron chi connectivity index (χ0n) is 12.6. The fraction of sp³-hybridized carbons (Fsp3) is 0.188. The van der Waals surface area contributed by atoms with E-state index in [4.69, 9.17) is 0 Å². The van der Waals surface area contributed by atoms with Crippen molar-refractivity contribution in [3.8, 4) is 11.4 Å². The van der Waals surface area contributed by atoms with E-state index in [2.05, 4.69) is 25.0 Å². The normalized spacial score (nSPS) is 12.8. The van der Waals surface area contributed by atoms with Crippen LogP contribution in [0.1, 0.15) is 24.4 Å². The Kier molecular flexibility index (Phi) is 4.20. The molecule has 3 rings (SSSR count). The summed E-state index contributed by atoms with van der Waals surface area (Å²) in [4.78, 5) is 7.50. The molecule has 8 heteroatoms. The molecular weight excluding hydrogens is 321 g/mol. The van der Waals surface area contributed by atoms with Gasteiger partial charge in [-0.1, -0.05) is 35.5 Å². The molecule has 2 heterocycles. The third-order valence-electron chi connectivity index (χ3n) is 3.35. The van der Waals surface area contributed by atoms with Crippen LogP contribution in [-0.2, 0) is 6.18 Å². The quantitative estimate of drug-likeness (QED) is 0.770. The summed E-state index contributed by atoms with van der Waals surface area (Å²) in [5, 5.41) is 6.54. The number of benzene rings is 1. The van der Waals surface area contributed by atoms with Gasteiger partial charge in [-0.25, -0.2) is 4.98 Å². The molecule has 0 spiro atoms. The van der Waals surface area contributed by atoms with Gasteiger partial charge in [-0.05, 0) is 24.6 Å². The number of rotatable bonds is 4. The lowest BCUT2D eigenvalue weighted by atomic mass is 10.1. The van der Waals surface area contributed by atoms with Crippen LogP contribution in [0.25, 0.3) is 11.4 Å². The molecule has 124 valence electrons. The number of anilines is 1. The number of hydrogen-bond acceptors (Lipinski definition) is 5. The van der Waals surface area contributed by atoms with Crippen LogP contribution in [0.15, 0.2) is 53.2 Å². The maximum Gasteiger partial charge on any atom is 0.471 e. The summed E-state index contributed by atoms with van der Waals surface area (Å²) in [6.07, 6.45) is -3.27. The molecule has 1 atom stereocenters. The third-order valence-corrected chi connectivity index (χ3v) is 3.35. The van der Waals surface area contributed by atoms with Crippen molar-refractivity contribution < 1.29 is 17.7 Å². The highest BCUT2D eigenvalue weighted by atomic mass is 19.4. The van der Waals surface area contributed by atoms with Gasteiger partial charge in [-0.2, -0.15) is 18.2 Å². The molecule has 0 saturated carbocycles. The fourth-order valence-corrected chi connectivity index (χ4v) is 2.11. The molecule has 24 heavy (non-hydrogen) atoms. The van der Waals surface area contributed by atoms with Gasteiger partial charge in [-0.15, -0.1) is 0 Å². The lowest BCUT2D eigenvalue weighted by Crippen LogP contribution is -2.07. The molecule has 3 aromatic rings. The molecule has 1 aromatic carbocycles. The molecule has 0 aliphatic heterocycles. The van der Waals surface area contributed by atoms with Crippen molar-refractivity contribution in [3.63, 3.8) is 0 Å². The Morgan fingerprint density at radius 1 is 1.08 bits per heavy atom. The smallest absolute Gasteiger partial charge is 0.364 e. The molecule has 0 bridgehead atoms. The second-order valence-corrected chi connectivity index (χ2v) is 5.13. The molecule has 0 aliphatic rings. The molecule has 0 amide bonds. The molecule has 0 saturated heterocycles. The average Bonchev–Trinajstić information content (AvgIpc) is 3.07.